The zero-order chi connectivity index (χ0) is 14.1. The molecule has 3 heterocycles. The fourth-order valence-electron chi connectivity index (χ4n) is 4.34. The minimum atomic E-state index is -0.212. The Labute approximate surface area is 120 Å². The standard InChI is InChI=1S/C15H26N2O3/c18-9-11-6-10(13-2-1-3-15(20)16-13)8-17-5-4-12(19)7-14(11)17/h10-14,18-19H,1-9H2,(H,16,20)/t10-,11-,12-,13+,14-/m0/s1. The number of hydrogen-bond donors (Lipinski definition) is 3. The lowest BCUT2D eigenvalue weighted by Gasteiger charge is -2.50. The van der Waals surface area contributed by atoms with Gasteiger partial charge in [0.05, 0.1) is 6.10 Å². The molecule has 0 aromatic carbocycles. The SMILES string of the molecule is O=C1CCC[C@H]([C@H]2C[C@@H](CO)[C@@H]3C[C@@H](O)CCN3C2)N1. The number of carbonyl (C=O) groups excluding carboxylic acids is 1. The van der Waals surface area contributed by atoms with Gasteiger partial charge >= 0.3 is 0 Å². The van der Waals surface area contributed by atoms with Crippen LogP contribution in [-0.2, 0) is 4.79 Å². The fourth-order valence-corrected chi connectivity index (χ4v) is 4.34. The second-order valence-corrected chi connectivity index (χ2v) is 6.75. The monoisotopic (exact) mass is 282 g/mol. The third kappa shape index (κ3) is 2.85. The van der Waals surface area contributed by atoms with Gasteiger partial charge < -0.3 is 15.5 Å². The van der Waals surface area contributed by atoms with Crippen molar-refractivity contribution in [3.8, 4) is 0 Å². The molecule has 3 saturated heterocycles. The van der Waals surface area contributed by atoms with E-state index in [0.29, 0.717) is 18.4 Å². The number of nitrogens with one attached hydrogen (secondary N) is 1. The lowest BCUT2D eigenvalue weighted by molar-refractivity contribution is -0.124. The Balaban J connectivity index is 1.68. The highest BCUT2D eigenvalue weighted by Gasteiger charge is 2.42. The van der Waals surface area contributed by atoms with Gasteiger partial charge in [-0.05, 0) is 43.9 Å². The van der Waals surface area contributed by atoms with E-state index >= 15 is 0 Å². The van der Waals surface area contributed by atoms with Crippen LogP contribution in [-0.4, -0.2) is 58.9 Å². The molecular weight excluding hydrogens is 256 g/mol. The molecule has 3 rings (SSSR count). The summed E-state index contributed by atoms with van der Waals surface area (Å²) in [7, 11) is 0. The summed E-state index contributed by atoms with van der Waals surface area (Å²) < 4.78 is 0. The van der Waals surface area contributed by atoms with Crippen molar-refractivity contribution in [2.24, 2.45) is 11.8 Å². The summed E-state index contributed by atoms with van der Waals surface area (Å²) in [5.41, 5.74) is 0. The zero-order valence-corrected chi connectivity index (χ0v) is 12.0. The molecular formula is C15H26N2O3. The van der Waals surface area contributed by atoms with Crippen molar-refractivity contribution in [1.82, 2.24) is 10.2 Å². The number of hydrogen-bond acceptors (Lipinski definition) is 4. The summed E-state index contributed by atoms with van der Waals surface area (Å²) >= 11 is 0. The highest BCUT2D eigenvalue weighted by molar-refractivity contribution is 5.76. The van der Waals surface area contributed by atoms with Crippen molar-refractivity contribution in [1.29, 1.82) is 0 Å². The van der Waals surface area contributed by atoms with Gasteiger partial charge in [0.1, 0.15) is 0 Å². The van der Waals surface area contributed by atoms with E-state index in [1.807, 2.05) is 0 Å². The third-order valence-electron chi connectivity index (χ3n) is 5.42. The van der Waals surface area contributed by atoms with Crippen molar-refractivity contribution in [3.05, 3.63) is 0 Å². The lowest BCUT2D eigenvalue weighted by Crippen LogP contribution is -2.58. The summed E-state index contributed by atoms with van der Waals surface area (Å²) in [4.78, 5) is 14.0. The van der Waals surface area contributed by atoms with Gasteiger partial charge in [-0.1, -0.05) is 0 Å². The second kappa shape index (κ2) is 6.00. The molecule has 5 nitrogen and oxygen atoms in total. The minimum absolute atomic E-state index is 0.179. The van der Waals surface area contributed by atoms with E-state index < -0.39 is 0 Å². The summed E-state index contributed by atoms with van der Waals surface area (Å²) in [5, 5.41) is 22.7. The fraction of sp³-hybridized carbons (Fsp3) is 0.933. The number of fused-ring (bicyclic) bond motifs is 1. The largest absolute Gasteiger partial charge is 0.396 e. The number of carbonyl (C=O) groups is 1. The maximum atomic E-state index is 11.6. The van der Waals surface area contributed by atoms with Crippen LogP contribution in [0.25, 0.3) is 0 Å². The smallest absolute Gasteiger partial charge is 0.220 e. The van der Waals surface area contributed by atoms with E-state index in [1.54, 1.807) is 0 Å². The molecule has 3 aliphatic rings. The number of piperidine rings is 3. The average molecular weight is 282 g/mol. The highest BCUT2D eigenvalue weighted by Crippen LogP contribution is 2.36. The predicted molar refractivity (Wildman–Crippen MR) is 75.1 cm³/mol. The van der Waals surface area contributed by atoms with Crippen molar-refractivity contribution >= 4 is 5.91 Å². The van der Waals surface area contributed by atoms with Gasteiger partial charge in [-0.2, -0.15) is 0 Å². The van der Waals surface area contributed by atoms with Crippen LogP contribution in [0.4, 0.5) is 0 Å². The normalized spacial score (nSPS) is 42.9. The Hall–Kier alpha value is -0.650. The van der Waals surface area contributed by atoms with Crippen molar-refractivity contribution in [3.63, 3.8) is 0 Å². The van der Waals surface area contributed by atoms with Crippen LogP contribution in [0.2, 0.25) is 0 Å². The Kier molecular flexibility index (Phi) is 4.29. The first kappa shape index (κ1) is 14.3. The number of aliphatic hydroxyl groups excluding tert-OH is 2. The van der Waals surface area contributed by atoms with Gasteiger partial charge in [0, 0.05) is 38.2 Å². The molecule has 20 heavy (non-hydrogen) atoms. The molecule has 0 aromatic heterocycles. The van der Waals surface area contributed by atoms with Gasteiger partial charge in [-0.3, -0.25) is 9.69 Å². The second-order valence-electron chi connectivity index (χ2n) is 6.75. The van der Waals surface area contributed by atoms with Crippen molar-refractivity contribution < 1.29 is 15.0 Å². The van der Waals surface area contributed by atoms with Crippen LogP contribution >= 0.6 is 0 Å². The minimum Gasteiger partial charge on any atom is -0.396 e. The Bertz CT molecular complexity index is 355. The molecule has 3 N–H and O–H groups in total. The Morgan fingerprint density at radius 3 is 2.90 bits per heavy atom. The molecule has 0 unspecified atom stereocenters. The third-order valence-corrected chi connectivity index (χ3v) is 5.42. The van der Waals surface area contributed by atoms with Gasteiger partial charge in [-0.15, -0.1) is 0 Å². The van der Waals surface area contributed by atoms with Crippen LogP contribution in [0.5, 0.6) is 0 Å². The number of nitrogens with zero attached hydrogens (tertiary/aromatic N) is 1. The maximum absolute atomic E-state index is 11.6. The predicted octanol–water partition coefficient (Wildman–Crippen LogP) is 0.109. The topological polar surface area (TPSA) is 72.8 Å². The first-order valence-corrected chi connectivity index (χ1v) is 7.99. The Morgan fingerprint density at radius 2 is 2.15 bits per heavy atom. The van der Waals surface area contributed by atoms with Crippen molar-refractivity contribution in [2.45, 2.75) is 56.7 Å². The van der Waals surface area contributed by atoms with E-state index in [-0.39, 0.29) is 30.6 Å². The molecule has 0 saturated carbocycles. The van der Waals surface area contributed by atoms with Gasteiger partial charge in [0.15, 0.2) is 0 Å². The quantitative estimate of drug-likeness (QED) is 0.672. The van der Waals surface area contributed by atoms with E-state index in [2.05, 4.69) is 10.2 Å². The van der Waals surface area contributed by atoms with E-state index in [9.17, 15) is 15.0 Å². The zero-order valence-electron chi connectivity index (χ0n) is 12.0. The molecule has 5 atom stereocenters. The molecule has 0 aromatic rings. The highest BCUT2D eigenvalue weighted by atomic mass is 16.3. The van der Waals surface area contributed by atoms with Crippen molar-refractivity contribution in [2.75, 3.05) is 19.7 Å². The van der Waals surface area contributed by atoms with E-state index in [4.69, 9.17) is 0 Å². The maximum Gasteiger partial charge on any atom is 0.220 e. The van der Waals surface area contributed by atoms with Gasteiger partial charge in [0.2, 0.25) is 5.91 Å². The lowest BCUT2D eigenvalue weighted by atomic mass is 9.75. The average Bonchev–Trinajstić information content (AvgIpc) is 2.46. The molecule has 3 fully saturated rings. The molecule has 5 heteroatoms. The number of amides is 1. The molecule has 0 aliphatic carbocycles. The van der Waals surface area contributed by atoms with E-state index in [1.165, 1.54) is 0 Å². The summed E-state index contributed by atoms with van der Waals surface area (Å²) in [6.07, 6.45) is 5.08. The van der Waals surface area contributed by atoms with Crippen LogP contribution in [0, 0.1) is 11.8 Å². The molecule has 3 aliphatic heterocycles. The molecule has 0 spiro atoms. The van der Waals surface area contributed by atoms with Crippen LogP contribution in [0.3, 0.4) is 0 Å². The Morgan fingerprint density at radius 1 is 1.30 bits per heavy atom. The van der Waals surface area contributed by atoms with Crippen LogP contribution < -0.4 is 5.32 Å². The van der Waals surface area contributed by atoms with Gasteiger partial charge in [0.25, 0.3) is 0 Å². The van der Waals surface area contributed by atoms with Gasteiger partial charge in [-0.25, -0.2) is 0 Å². The van der Waals surface area contributed by atoms with Crippen LogP contribution in [0.15, 0.2) is 0 Å². The number of aliphatic hydroxyl groups is 2. The molecule has 0 bridgehead atoms. The summed E-state index contributed by atoms with van der Waals surface area (Å²) in [5.74, 6) is 0.864. The summed E-state index contributed by atoms with van der Waals surface area (Å²) in [6, 6.07) is 0.595. The molecule has 1 amide bonds. The van der Waals surface area contributed by atoms with E-state index in [0.717, 1.165) is 45.2 Å². The molecule has 114 valence electrons. The first-order valence-electron chi connectivity index (χ1n) is 7.99. The summed E-state index contributed by atoms with van der Waals surface area (Å²) in [6.45, 7) is 2.10. The first-order chi connectivity index (χ1) is 9.67. The molecule has 0 radical (unpaired) electrons. The van der Waals surface area contributed by atoms with Crippen LogP contribution in [0.1, 0.15) is 38.5 Å². The number of rotatable bonds is 2.